The first kappa shape index (κ1) is 10.5. The molecule has 84 valence electrons. The molecule has 1 heterocycles. The summed E-state index contributed by atoms with van der Waals surface area (Å²) < 4.78 is 1.92. The number of hydrogen-bond acceptors (Lipinski definition) is 4. The SMILES string of the molecule is CC(C)NCc1nnnn1CCC1CC1. The third kappa shape index (κ3) is 3.27. The molecular formula is C10H19N5. The summed E-state index contributed by atoms with van der Waals surface area (Å²) in [5, 5.41) is 15.1. The van der Waals surface area contributed by atoms with E-state index in [9.17, 15) is 0 Å². The van der Waals surface area contributed by atoms with E-state index in [0.29, 0.717) is 6.04 Å². The second-order valence-corrected chi connectivity index (χ2v) is 4.59. The first-order chi connectivity index (χ1) is 7.25. The average Bonchev–Trinajstić information content (AvgIpc) is 2.92. The van der Waals surface area contributed by atoms with Crippen molar-refractivity contribution in [1.29, 1.82) is 0 Å². The van der Waals surface area contributed by atoms with E-state index in [1.165, 1.54) is 19.3 Å². The minimum absolute atomic E-state index is 0.471. The van der Waals surface area contributed by atoms with Crippen LogP contribution in [-0.4, -0.2) is 26.2 Å². The Morgan fingerprint density at radius 1 is 1.47 bits per heavy atom. The van der Waals surface area contributed by atoms with Crippen LogP contribution in [-0.2, 0) is 13.1 Å². The highest BCUT2D eigenvalue weighted by molar-refractivity contribution is 4.82. The Balaban J connectivity index is 1.83. The molecule has 0 saturated heterocycles. The molecule has 0 amide bonds. The van der Waals surface area contributed by atoms with E-state index in [1.54, 1.807) is 0 Å². The number of aryl methyl sites for hydroxylation is 1. The van der Waals surface area contributed by atoms with Crippen molar-refractivity contribution in [2.45, 2.75) is 52.2 Å². The molecule has 0 radical (unpaired) electrons. The molecule has 0 atom stereocenters. The topological polar surface area (TPSA) is 55.6 Å². The van der Waals surface area contributed by atoms with Gasteiger partial charge in [-0.25, -0.2) is 4.68 Å². The van der Waals surface area contributed by atoms with Gasteiger partial charge in [0.15, 0.2) is 5.82 Å². The summed E-state index contributed by atoms with van der Waals surface area (Å²) in [6, 6.07) is 0.471. The Labute approximate surface area is 90.2 Å². The summed E-state index contributed by atoms with van der Waals surface area (Å²) in [5.41, 5.74) is 0. The minimum Gasteiger partial charge on any atom is -0.308 e. The lowest BCUT2D eigenvalue weighted by atomic mass is 10.3. The van der Waals surface area contributed by atoms with Gasteiger partial charge in [0.1, 0.15) is 0 Å². The third-order valence-corrected chi connectivity index (χ3v) is 2.72. The molecular weight excluding hydrogens is 190 g/mol. The van der Waals surface area contributed by atoms with E-state index in [-0.39, 0.29) is 0 Å². The summed E-state index contributed by atoms with van der Waals surface area (Å²) >= 11 is 0. The summed E-state index contributed by atoms with van der Waals surface area (Å²) in [4.78, 5) is 0. The van der Waals surface area contributed by atoms with E-state index < -0.39 is 0 Å². The smallest absolute Gasteiger partial charge is 0.165 e. The number of hydrogen-bond donors (Lipinski definition) is 1. The zero-order chi connectivity index (χ0) is 10.7. The second kappa shape index (κ2) is 4.70. The highest BCUT2D eigenvalue weighted by Crippen LogP contribution is 2.32. The van der Waals surface area contributed by atoms with Gasteiger partial charge in [-0.05, 0) is 22.8 Å². The molecule has 5 heteroatoms. The Bertz CT molecular complexity index is 282. The van der Waals surface area contributed by atoms with Crippen LogP contribution in [0.1, 0.15) is 38.9 Å². The molecule has 1 saturated carbocycles. The highest BCUT2D eigenvalue weighted by Gasteiger charge is 2.21. The zero-order valence-electron chi connectivity index (χ0n) is 9.48. The summed E-state index contributed by atoms with van der Waals surface area (Å²) in [5.74, 6) is 1.88. The van der Waals surface area contributed by atoms with Crippen LogP contribution in [0.4, 0.5) is 0 Å². The van der Waals surface area contributed by atoms with Crippen molar-refractivity contribution in [3.05, 3.63) is 5.82 Å². The molecule has 1 aromatic heterocycles. The van der Waals surface area contributed by atoms with Crippen LogP contribution in [0.3, 0.4) is 0 Å². The Morgan fingerprint density at radius 3 is 2.93 bits per heavy atom. The van der Waals surface area contributed by atoms with Gasteiger partial charge < -0.3 is 5.32 Å². The van der Waals surface area contributed by atoms with E-state index in [1.807, 2.05) is 4.68 Å². The van der Waals surface area contributed by atoms with E-state index >= 15 is 0 Å². The third-order valence-electron chi connectivity index (χ3n) is 2.72. The quantitative estimate of drug-likeness (QED) is 0.758. The van der Waals surface area contributed by atoms with Crippen molar-refractivity contribution in [2.24, 2.45) is 5.92 Å². The molecule has 1 aliphatic rings. The Morgan fingerprint density at radius 2 is 2.27 bits per heavy atom. The van der Waals surface area contributed by atoms with Gasteiger partial charge in [0, 0.05) is 12.6 Å². The van der Waals surface area contributed by atoms with Crippen LogP contribution in [0.25, 0.3) is 0 Å². The number of rotatable bonds is 6. The van der Waals surface area contributed by atoms with E-state index in [4.69, 9.17) is 0 Å². The van der Waals surface area contributed by atoms with Gasteiger partial charge in [-0.2, -0.15) is 0 Å². The molecule has 1 fully saturated rings. The normalized spacial score (nSPS) is 16.2. The van der Waals surface area contributed by atoms with Gasteiger partial charge >= 0.3 is 0 Å². The largest absolute Gasteiger partial charge is 0.308 e. The maximum atomic E-state index is 4.03. The van der Waals surface area contributed by atoms with Crippen LogP contribution in [0.2, 0.25) is 0 Å². The first-order valence-electron chi connectivity index (χ1n) is 5.74. The Hall–Kier alpha value is -0.970. The molecule has 2 rings (SSSR count). The van der Waals surface area contributed by atoms with Gasteiger partial charge in [-0.3, -0.25) is 0 Å². The van der Waals surface area contributed by atoms with Gasteiger partial charge in [0.25, 0.3) is 0 Å². The minimum atomic E-state index is 0.471. The van der Waals surface area contributed by atoms with Crippen molar-refractivity contribution in [3.63, 3.8) is 0 Å². The monoisotopic (exact) mass is 209 g/mol. The van der Waals surface area contributed by atoms with Crippen LogP contribution in [0, 0.1) is 5.92 Å². The van der Waals surface area contributed by atoms with Crippen LogP contribution >= 0.6 is 0 Å². The number of tetrazole rings is 1. The van der Waals surface area contributed by atoms with Crippen molar-refractivity contribution < 1.29 is 0 Å². The van der Waals surface area contributed by atoms with Gasteiger partial charge in [0.05, 0.1) is 6.54 Å². The van der Waals surface area contributed by atoms with Crippen LogP contribution in [0.15, 0.2) is 0 Å². The summed E-state index contributed by atoms with van der Waals surface area (Å²) in [6.45, 7) is 5.97. The summed E-state index contributed by atoms with van der Waals surface area (Å²) in [7, 11) is 0. The lowest BCUT2D eigenvalue weighted by Crippen LogP contribution is -2.24. The average molecular weight is 209 g/mol. The lowest BCUT2D eigenvalue weighted by Gasteiger charge is -2.07. The molecule has 0 aliphatic heterocycles. The molecule has 0 aromatic carbocycles. The van der Waals surface area contributed by atoms with Crippen LogP contribution in [0.5, 0.6) is 0 Å². The lowest BCUT2D eigenvalue weighted by molar-refractivity contribution is 0.489. The molecule has 5 nitrogen and oxygen atoms in total. The van der Waals surface area contributed by atoms with Crippen molar-refractivity contribution in [3.8, 4) is 0 Å². The second-order valence-electron chi connectivity index (χ2n) is 4.59. The fourth-order valence-corrected chi connectivity index (χ4v) is 1.53. The predicted molar refractivity (Wildman–Crippen MR) is 57.1 cm³/mol. The molecule has 1 aliphatic carbocycles. The first-order valence-corrected chi connectivity index (χ1v) is 5.74. The predicted octanol–water partition coefficient (Wildman–Crippen LogP) is 0.971. The maximum absolute atomic E-state index is 4.03. The number of nitrogens with zero attached hydrogens (tertiary/aromatic N) is 4. The zero-order valence-corrected chi connectivity index (χ0v) is 9.48. The molecule has 0 spiro atoms. The van der Waals surface area contributed by atoms with Gasteiger partial charge in [0.2, 0.25) is 0 Å². The molecule has 1 N–H and O–H groups in total. The fraction of sp³-hybridized carbons (Fsp3) is 0.900. The summed E-state index contributed by atoms with van der Waals surface area (Å²) in [6.07, 6.45) is 4.00. The number of nitrogens with one attached hydrogen (secondary N) is 1. The van der Waals surface area contributed by atoms with Crippen molar-refractivity contribution in [1.82, 2.24) is 25.5 Å². The van der Waals surface area contributed by atoms with Gasteiger partial charge in [-0.1, -0.05) is 26.7 Å². The molecule has 1 aromatic rings. The molecule has 0 bridgehead atoms. The maximum Gasteiger partial charge on any atom is 0.165 e. The fourth-order valence-electron chi connectivity index (χ4n) is 1.53. The molecule has 15 heavy (non-hydrogen) atoms. The van der Waals surface area contributed by atoms with Gasteiger partial charge in [-0.15, -0.1) is 5.10 Å². The number of aromatic nitrogens is 4. The standard InChI is InChI=1S/C10H19N5/c1-8(2)11-7-10-12-13-14-15(10)6-5-9-3-4-9/h8-9,11H,3-7H2,1-2H3. The highest BCUT2D eigenvalue weighted by atomic mass is 15.5. The Kier molecular flexibility index (Phi) is 3.30. The van der Waals surface area contributed by atoms with Crippen molar-refractivity contribution in [2.75, 3.05) is 0 Å². The van der Waals surface area contributed by atoms with Crippen LogP contribution < -0.4 is 5.32 Å². The van der Waals surface area contributed by atoms with Crippen molar-refractivity contribution >= 4 is 0 Å². The van der Waals surface area contributed by atoms with E-state index in [2.05, 4.69) is 34.7 Å². The van der Waals surface area contributed by atoms with E-state index in [0.717, 1.165) is 24.8 Å². The molecule has 0 unspecified atom stereocenters.